The zero-order valence-corrected chi connectivity index (χ0v) is 16.7. The van der Waals surface area contributed by atoms with Crippen LogP contribution in [-0.4, -0.2) is 51.3 Å². The van der Waals surface area contributed by atoms with E-state index in [0.29, 0.717) is 12.5 Å². The number of carbonyl (C=O) groups excluding carboxylic acids is 1. The lowest BCUT2D eigenvalue weighted by atomic mass is 10.1. The molecule has 146 valence electrons. The number of benzene rings is 1. The molecule has 26 heavy (non-hydrogen) atoms. The number of ether oxygens (including phenoxy) is 2. The molecule has 0 aromatic heterocycles. The maximum absolute atomic E-state index is 11.9. The molecule has 0 atom stereocenters. The van der Waals surface area contributed by atoms with Crippen LogP contribution in [0.4, 0.5) is 0 Å². The first kappa shape index (κ1) is 21.6. The van der Waals surface area contributed by atoms with Crippen molar-refractivity contribution in [1.82, 2.24) is 16.0 Å². The monoisotopic (exact) mass is 364 g/mol. The van der Waals surface area contributed by atoms with Crippen LogP contribution in [-0.2, 0) is 11.2 Å². The van der Waals surface area contributed by atoms with Crippen LogP contribution in [0, 0.1) is 0 Å². The molecule has 7 nitrogen and oxygen atoms in total. The van der Waals surface area contributed by atoms with Gasteiger partial charge in [-0.15, -0.1) is 0 Å². The Morgan fingerprint density at radius 1 is 1.15 bits per heavy atom. The molecule has 0 aliphatic rings. The maximum atomic E-state index is 11.9. The molecule has 0 spiro atoms. The van der Waals surface area contributed by atoms with Gasteiger partial charge in [0.15, 0.2) is 5.96 Å². The van der Waals surface area contributed by atoms with Crippen molar-refractivity contribution in [2.75, 3.05) is 33.9 Å². The van der Waals surface area contributed by atoms with Crippen LogP contribution in [0.5, 0.6) is 11.5 Å². The van der Waals surface area contributed by atoms with Gasteiger partial charge in [0.05, 0.1) is 14.2 Å². The summed E-state index contributed by atoms with van der Waals surface area (Å²) in [7, 11) is 3.29. The summed E-state index contributed by atoms with van der Waals surface area (Å²) in [6, 6.07) is 5.72. The van der Waals surface area contributed by atoms with E-state index in [2.05, 4.69) is 20.9 Å². The Hall–Kier alpha value is -2.44. The molecule has 0 saturated heterocycles. The SMILES string of the molecule is CCNC(=NCC(=O)NC(C)(C)C)NCCc1cc(OC)ccc1OC. The predicted octanol–water partition coefficient (Wildman–Crippen LogP) is 1.72. The molecule has 7 heteroatoms. The highest BCUT2D eigenvalue weighted by Crippen LogP contribution is 2.24. The first-order valence-electron chi connectivity index (χ1n) is 8.83. The molecule has 0 fully saturated rings. The molecule has 0 unspecified atom stereocenters. The summed E-state index contributed by atoms with van der Waals surface area (Å²) in [6.45, 7) is 9.26. The molecule has 1 aromatic carbocycles. The molecule has 3 N–H and O–H groups in total. The zero-order chi connectivity index (χ0) is 19.6. The average Bonchev–Trinajstić information content (AvgIpc) is 2.58. The van der Waals surface area contributed by atoms with Crippen molar-refractivity contribution in [1.29, 1.82) is 0 Å². The number of amides is 1. The Labute approximate surface area is 156 Å². The Kier molecular flexibility index (Phi) is 8.75. The molecular weight excluding hydrogens is 332 g/mol. The third-order valence-corrected chi connectivity index (χ3v) is 3.41. The lowest BCUT2D eigenvalue weighted by molar-refractivity contribution is -0.121. The summed E-state index contributed by atoms with van der Waals surface area (Å²) >= 11 is 0. The molecule has 0 saturated carbocycles. The lowest BCUT2D eigenvalue weighted by Crippen LogP contribution is -2.43. The largest absolute Gasteiger partial charge is 0.497 e. The van der Waals surface area contributed by atoms with Gasteiger partial charge in [0, 0.05) is 18.6 Å². The molecule has 1 aromatic rings. The molecule has 0 radical (unpaired) electrons. The fraction of sp³-hybridized carbons (Fsp3) is 0.579. The van der Waals surface area contributed by atoms with E-state index < -0.39 is 0 Å². The minimum atomic E-state index is -0.263. The van der Waals surface area contributed by atoms with Gasteiger partial charge in [0.2, 0.25) is 5.91 Å². The summed E-state index contributed by atoms with van der Waals surface area (Å²) in [5.41, 5.74) is 0.780. The second kappa shape index (κ2) is 10.5. The number of guanidine groups is 1. The quantitative estimate of drug-likeness (QED) is 0.483. The van der Waals surface area contributed by atoms with Crippen LogP contribution >= 0.6 is 0 Å². The number of rotatable bonds is 8. The van der Waals surface area contributed by atoms with E-state index in [-0.39, 0.29) is 18.0 Å². The van der Waals surface area contributed by atoms with Gasteiger partial charge in [0.25, 0.3) is 0 Å². The van der Waals surface area contributed by atoms with Gasteiger partial charge < -0.3 is 25.4 Å². The van der Waals surface area contributed by atoms with Crippen molar-refractivity contribution in [3.05, 3.63) is 23.8 Å². The number of aliphatic imine (C=N–C) groups is 1. The fourth-order valence-corrected chi connectivity index (χ4v) is 2.34. The molecule has 1 rings (SSSR count). The molecule has 0 heterocycles. The van der Waals surface area contributed by atoms with Crippen LogP contribution in [0.2, 0.25) is 0 Å². The van der Waals surface area contributed by atoms with E-state index in [1.165, 1.54) is 0 Å². The van der Waals surface area contributed by atoms with Gasteiger partial charge in [0.1, 0.15) is 18.0 Å². The number of hydrogen-bond donors (Lipinski definition) is 3. The molecule has 0 aliphatic carbocycles. The van der Waals surface area contributed by atoms with Crippen LogP contribution in [0.3, 0.4) is 0 Å². The topological polar surface area (TPSA) is 84.0 Å². The lowest BCUT2D eigenvalue weighted by Gasteiger charge is -2.20. The normalized spacial score (nSPS) is 11.7. The average molecular weight is 364 g/mol. The highest BCUT2D eigenvalue weighted by atomic mass is 16.5. The van der Waals surface area contributed by atoms with Crippen molar-refractivity contribution < 1.29 is 14.3 Å². The third kappa shape index (κ3) is 8.09. The van der Waals surface area contributed by atoms with Gasteiger partial charge in [-0.25, -0.2) is 4.99 Å². The van der Waals surface area contributed by atoms with E-state index in [1.807, 2.05) is 45.9 Å². The minimum Gasteiger partial charge on any atom is -0.497 e. The molecule has 1 amide bonds. The van der Waals surface area contributed by atoms with Gasteiger partial charge in [-0.1, -0.05) is 0 Å². The predicted molar refractivity (Wildman–Crippen MR) is 105 cm³/mol. The highest BCUT2D eigenvalue weighted by molar-refractivity contribution is 5.85. The van der Waals surface area contributed by atoms with Crippen molar-refractivity contribution in [3.8, 4) is 11.5 Å². The summed E-state index contributed by atoms with van der Waals surface area (Å²) < 4.78 is 10.7. The summed E-state index contributed by atoms with van der Waals surface area (Å²) in [6.07, 6.45) is 0.735. The highest BCUT2D eigenvalue weighted by Gasteiger charge is 2.13. The molecule has 0 aliphatic heterocycles. The van der Waals surface area contributed by atoms with Crippen LogP contribution in [0.1, 0.15) is 33.3 Å². The molecular formula is C19H32N4O3. The van der Waals surface area contributed by atoms with Crippen LogP contribution in [0.15, 0.2) is 23.2 Å². The van der Waals surface area contributed by atoms with E-state index in [1.54, 1.807) is 14.2 Å². The van der Waals surface area contributed by atoms with Gasteiger partial charge in [-0.2, -0.15) is 0 Å². The Morgan fingerprint density at radius 3 is 2.46 bits per heavy atom. The maximum Gasteiger partial charge on any atom is 0.242 e. The van der Waals surface area contributed by atoms with Gasteiger partial charge in [-0.05, 0) is 57.9 Å². The molecule has 0 bridgehead atoms. The Bertz CT molecular complexity index is 609. The van der Waals surface area contributed by atoms with E-state index in [4.69, 9.17) is 9.47 Å². The number of methoxy groups -OCH3 is 2. The number of carbonyl (C=O) groups is 1. The minimum absolute atomic E-state index is 0.0785. The second-order valence-corrected chi connectivity index (χ2v) is 6.85. The van der Waals surface area contributed by atoms with Crippen LogP contribution < -0.4 is 25.4 Å². The standard InChI is InChI=1S/C19H32N4O3/c1-7-20-18(22-13-17(24)23-19(2,3)4)21-11-10-14-12-15(25-5)8-9-16(14)26-6/h8-9,12H,7,10-11,13H2,1-6H3,(H,23,24)(H2,20,21,22). The number of hydrogen-bond acceptors (Lipinski definition) is 4. The van der Waals surface area contributed by atoms with Crippen molar-refractivity contribution in [3.63, 3.8) is 0 Å². The second-order valence-electron chi connectivity index (χ2n) is 6.85. The zero-order valence-electron chi connectivity index (χ0n) is 16.7. The summed E-state index contributed by atoms with van der Waals surface area (Å²) in [5.74, 6) is 2.11. The van der Waals surface area contributed by atoms with E-state index in [9.17, 15) is 4.79 Å². The third-order valence-electron chi connectivity index (χ3n) is 3.41. The number of nitrogens with one attached hydrogen (secondary N) is 3. The first-order valence-corrected chi connectivity index (χ1v) is 8.83. The Balaban J connectivity index is 2.63. The summed E-state index contributed by atoms with van der Waals surface area (Å²) in [4.78, 5) is 16.2. The van der Waals surface area contributed by atoms with Crippen LogP contribution in [0.25, 0.3) is 0 Å². The fourth-order valence-electron chi connectivity index (χ4n) is 2.34. The summed E-state index contributed by atoms with van der Waals surface area (Å²) in [5, 5.41) is 9.27. The van der Waals surface area contributed by atoms with E-state index in [0.717, 1.165) is 30.0 Å². The van der Waals surface area contributed by atoms with Crippen molar-refractivity contribution in [2.24, 2.45) is 4.99 Å². The van der Waals surface area contributed by atoms with Gasteiger partial charge in [-0.3, -0.25) is 4.79 Å². The van der Waals surface area contributed by atoms with Crippen molar-refractivity contribution in [2.45, 2.75) is 39.7 Å². The van der Waals surface area contributed by atoms with E-state index >= 15 is 0 Å². The smallest absolute Gasteiger partial charge is 0.242 e. The van der Waals surface area contributed by atoms with Crippen molar-refractivity contribution >= 4 is 11.9 Å². The Morgan fingerprint density at radius 2 is 1.88 bits per heavy atom. The van der Waals surface area contributed by atoms with Gasteiger partial charge >= 0.3 is 0 Å². The first-order chi connectivity index (χ1) is 12.3. The number of nitrogens with zero attached hydrogens (tertiary/aromatic N) is 1.